The van der Waals surface area contributed by atoms with Gasteiger partial charge in [0.05, 0.1) is 17.6 Å². The highest BCUT2D eigenvalue weighted by Gasteiger charge is 2.17. The van der Waals surface area contributed by atoms with Gasteiger partial charge in [0.1, 0.15) is 28.2 Å². The third kappa shape index (κ3) is 4.64. The average molecular weight is 398 g/mol. The van der Waals surface area contributed by atoms with E-state index in [1.165, 1.54) is 18.2 Å². The molecule has 1 aromatic carbocycles. The first-order chi connectivity index (χ1) is 12.3. The minimum atomic E-state index is -4.61. The van der Waals surface area contributed by atoms with Gasteiger partial charge in [-0.05, 0) is 24.3 Å². The van der Waals surface area contributed by atoms with Crippen LogP contribution in [0, 0.1) is 11.3 Å². The zero-order valence-corrected chi connectivity index (χ0v) is 14.2. The quantitative estimate of drug-likeness (QED) is 0.182. The lowest BCUT2D eigenvalue weighted by Crippen LogP contribution is -1.99. The molecular weight excluding hydrogens is 388 g/mol. The highest BCUT2D eigenvalue weighted by Crippen LogP contribution is 2.33. The van der Waals surface area contributed by atoms with Gasteiger partial charge in [0.15, 0.2) is 5.82 Å². The topological polar surface area (TPSA) is 207 Å². The molecule has 0 saturated carbocycles. The minimum Gasteiger partial charge on any atom is -0.383 e. The molecular formula is C12H10N6O6S2. The number of azo groups is 1. The Morgan fingerprint density at radius 3 is 2.50 bits per heavy atom. The SMILES string of the molecule is N#Cc1cc(/N=N/c2cc(SOOO)ccc2S(=O)(=O)O)c(N)nc1N. The Balaban J connectivity index is 2.50. The molecule has 0 amide bonds. The second-order valence-electron chi connectivity index (χ2n) is 4.47. The van der Waals surface area contributed by atoms with Crippen LogP contribution in [0.4, 0.5) is 23.0 Å². The van der Waals surface area contributed by atoms with Crippen LogP contribution in [-0.4, -0.2) is 23.2 Å². The summed E-state index contributed by atoms with van der Waals surface area (Å²) in [5, 5.41) is 28.0. The monoisotopic (exact) mass is 398 g/mol. The molecule has 0 aliphatic carbocycles. The van der Waals surface area contributed by atoms with Gasteiger partial charge in [-0.2, -0.15) is 13.7 Å². The van der Waals surface area contributed by atoms with Crippen LogP contribution in [0.1, 0.15) is 5.56 Å². The van der Waals surface area contributed by atoms with Crippen LogP contribution in [0.2, 0.25) is 0 Å². The first kappa shape index (κ1) is 19.5. The van der Waals surface area contributed by atoms with Crippen molar-refractivity contribution in [3.8, 4) is 6.07 Å². The molecule has 2 aromatic rings. The van der Waals surface area contributed by atoms with Crippen molar-refractivity contribution >= 4 is 45.2 Å². The smallest absolute Gasteiger partial charge is 0.296 e. The van der Waals surface area contributed by atoms with E-state index >= 15 is 0 Å². The molecule has 0 saturated heterocycles. The summed E-state index contributed by atoms with van der Waals surface area (Å²) in [7, 11) is -4.61. The number of aromatic nitrogens is 1. The summed E-state index contributed by atoms with van der Waals surface area (Å²) in [5.41, 5.74) is 10.8. The number of nitrogens with zero attached hydrogens (tertiary/aromatic N) is 4. The van der Waals surface area contributed by atoms with Crippen molar-refractivity contribution in [3.05, 3.63) is 29.8 Å². The molecule has 136 valence electrons. The molecule has 2 rings (SSSR count). The van der Waals surface area contributed by atoms with Gasteiger partial charge in [-0.15, -0.1) is 14.6 Å². The van der Waals surface area contributed by atoms with Crippen LogP contribution in [0.25, 0.3) is 0 Å². The molecule has 14 heteroatoms. The van der Waals surface area contributed by atoms with Crippen molar-refractivity contribution in [1.82, 2.24) is 4.98 Å². The van der Waals surface area contributed by atoms with Crippen LogP contribution in [0.15, 0.2) is 44.3 Å². The Kier molecular flexibility index (Phi) is 6.05. The minimum absolute atomic E-state index is 0.000883. The Hall–Kier alpha value is -2.80. The maximum atomic E-state index is 11.5. The number of nitriles is 1. The lowest BCUT2D eigenvalue weighted by molar-refractivity contribution is -0.432. The third-order valence-electron chi connectivity index (χ3n) is 2.82. The van der Waals surface area contributed by atoms with Crippen LogP contribution in [0.3, 0.4) is 0 Å². The molecule has 0 aliphatic heterocycles. The number of hydrogen-bond acceptors (Lipinski definition) is 12. The predicted molar refractivity (Wildman–Crippen MR) is 88.9 cm³/mol. The molecule has 0 spiro atoms. The lowest BCUT2D eigenvalue weighted by Gasteiger charge is -2.05. The van der Waals surface area contributed by atoms with E-state index in [1.807, 2.05) is 0 Å². The normalized spacial score (nSPS) is 11.6. The largest absolute Gasteiger partial charge is 0.383 e. The van der Waals surface area contributed by atoms with Crippen LogP contribution < -0.4 is 11.5 Å². The Morgan fingerprint density at radius 2 is 1.88 bits per heavy atom. The molecule has 26 heavy (non-hydrogen) atoms. The van der Waals surface area contributed by atoms with Gasteiger partial charge in [-0.1, -0.05) is 5.04 Å². The summed E-state index contributed by atoms with van der Waals surface area (Å²) >= 11 is 0.540. The van der Waals surface area contributed by atoms with E-state index < -0.39 is 15.0 Å². The van der Waals surface area contributed by atoms with Crippen molar-refractivity contribution in [1.29, 1.82) is 5.26 Å². The van der Waals surface area contributed by atoms with Crippen molar-refractivity contribution in [2.75, 3.05) is 11.5 Å². The van der Waals surface area contributed by atoms with Crippen LogP contribution in [-0.2, 0) is 19.5 Å². The number of nitrogens with two attached hydrogens (primary N) is 2. The van der Waals surface area contributed by atoms with E-state index in [2.05, 4.69) is 24.6 Å². The number of rotatable bonds is 6. The average Bonchev–Trinajstić information content (AvgIpc) is 2.58. The van der Waals surface area contributed by atoms with Crippen LogP contribution >= 0.6 is 12.0 Å². The van der Waals surface area contributed by atoms with Gasteiger partial charge in [-0.25, -0.2) is 10.2 Å². The van der Waals surface area contributed by atoms with Crippen molar-refractivity contribution in [2.24, 2.45) is 10.2 Å². The maximum Gasteiger partial charge on any atom is 0.296 e. The highest BCUT2D eigenvalue weighted by molar-refractivity contribution is 7.94. The number of benzene rings is 1. The fraction of sp³-hybridized carbons (Fsp3) is 0. The number of pyridine rings is 1. The van der Waals surface area contributed by atoms with E-state index in [1.54, 1.807) is 6.07 Å². The maximum absolute atomic E-state index is 11.5. The molecule has 0 atom stereocenters. The second-order valence-corrected chi connectivity index (χ2v) is 6.63. The van der Waals surface area contributed by atoms with Gasteiger partial charge >= 0.3 is 0 Å². The third-order valence-corrected chi connectivity index (χ3v) is 4.29. The van der Waals surface area contributed by atoms with Crippen molar-refractivity contribution in [2.45, 2.75) is 9.79 Å². The van der Waals surface area contributed by atoms with E-state index in [4.69, 9.17) is 22.0 Å². The zero-order valence-electron chi connectivity index (χ0n) is 12.6. The summed E-state index contributed by atoms with van der Waals surface area (Å²) < 4.78 is 36.4. The zero-order chi connectivity index (χ0) is 19.3. The molecule has 0 fully saturated rings. The van der Waals surface area contributed by atoms with Crippen molar-refractivity contribution < 1.29 is 27.6 Å². The molecule has 12 nitrogen and oxygen atoms in total. The summed E-state index contributed by atoms with van der Waals surface area (Å²) in [6, 6.07) is 6.49. The molecule has 1 heterocycles. The molecule has 0 bridgehead atoms. The van der Waals surface area contributed by atoms with E-state index in [-0.39, 0.29) is 33.5 Å². The number of anilines is 2. The lowest BCUT2D eigenvalue weighted by atomic mass is 10.2. The second kappa shape index (κ2) is 8.05. The fourth-order valence-corrected chi connectivity index (χ4v) is 2.71. The predicted octanol–water partition coefficient (Wildman–Crippen LogP) is 2.21. The molecule has 6 N–H and O–H groups in total. The standard InChI is InChI=1S/C12H10N6O6S2/c13-5-6-3-9(12(15)16-11(6)14)18-17-8-4-7(25-24-23-19)1-2-10(8)26(20,21)22/h1-4,19H,(H4,14,15,16)(H,20,21,22)/b18-17+. The first-order valence-corrected chi connectivity index (χ1v) is 8.58. The van der Waals surface area contributed by atoms with Gasteiger partial charge in [-0.3, -0.25) is 4.55 Å². The molecule has 0 unspecified atom stereocenters. The van der Waals surface area contributed by atoms with Gasteiger partial charge in [0.2, 0.25) is 0 Å². The molecule has 0 radical (unpaired) electrons. The Labute approximate surface area is 150 Å². The fourth-order valence-electron chi connectivity index (χ4n) is 1.71. The summed E-state index contributed by atoms with van der Waals surface area (Å²) in [5.74, 6) is -0.233. The summed E-state index contributed by atoms with van der Waals surface area (Å²) in [4.78, 5) is 3.45. The summed E-state index contributed by atoms with van der Waals surface area (Å²) in [6.45, 7) is 0. The summed E-state index contributed by atoms with van der Waals surface area (Å²) in [6.07, 6.45) is 0. The number of hydrogen-bond donors (Lipinski definition) is 4. The first-order valence-electron chi connectivity index (χ1n) is 6.40. The highest BCUT2D eigenvalue weighted by atomic mass is 32.2. The van der Waals surface area contributed by atoms with Gasteiger partial charge in [0.25, 0.3) is 10.1 Å². The van der Waals surface area contributed by atoms with Gasteiger partial charge in [0, 0.05) is 4.90 Å². The number of nitrogen functional groups attached to an aromatic ring is 2. The van der Waals surface area contributed by atoms with Gasteiger partial charge < -0.3 is 11.5 Å². The molecule has 0 aliphatic rings. The van der Waals surface area contributed by atoms with E-state index in [0.717, 1.165) is 6.07 Å². The molecule has 1 aromatic heterocycles. The van der Waals surface area contributed by atoms with E-state index in [9.17, 15) is 13.0 Å². The van der Waals surface area contributed by atoms with E-state index in [0.29, 0.717) is 12.0 Å². The van der Waals surface area contributed by atoms with Crippen molar-refractivity contribution in [3.63, 3.8) is 0 Å². The Morgan fingerprint density at radius 1 is 1.19 bits per heavy atom. The Bertz CT molecular complexity index is 1000. The van der Waals surface area contributed by atoms with Crippen LogP contribution in [0.5, 0.6) is 0 Å².